The molecule has 0 saturated heterocycles. The Bertz CT molecular complexity index is 881. The number of carbonyl (C=O) groups excluding carboxylic acids is 1. The lowest BCUT2D eigenvalue weighted by Gasteiger charge is -2.35. The molecule has 4 rings (SSSR count). The van der Waals surface area contributed by atoms with E-state index in [1.165, 1.54) is 0 Å². The normalized spacial score (nSPS) is 16.5. The van der Waals surface area contributed by atoms with Gasteiger partial charge in [0.1, 0.15) is 0 Å². The lowest BCUT2D eigenvalue weighted by atomic mass is 9.79. The summed E-state index contributed by atoms with van der Waals surface area (Å²) in [6.45, 7) is 0. The monoisotopic (exact) mass is 385 g/mol. The molecule has 0 bridgehead atoms. The molecule has 1 aliphatic carbocycles. The van der Waals surface area contributed by atoms with Crippen LogP contribution in [0.3, 0.4) is 0 Å². The molecule has 0 aliphatic heterocycles. The quantitative estimate of drug-likeness (QED) is 0.629. The van der Waals surface area contributed by atoms with Gasteiger partial charge in [-0.25, -0.2) is 0 Å². The van der Waals surface area contributed by atoms with Gasteiger partial charge in [-0.2, -0.15) is 0 Å². The number of rotatable bonds is 6. The first kappa shape index (κ1) is 19.4. The molecular weight excluding hydrogens is 358 g/mol. The third-order valence-corrected chi connectivity index (χ3v) is 6.05. The number of amides is 1. The fourth-order valence-corrected chi connectivity index (χ4v) is 4.48. The van der Waals surface area contributed by atoms with Crippen molar-refractivity contribution in [2.75, 3.05) is 0 Å². The maximum atomic E-state index is 13.6. The van der Waals surface area contributed by atoms with E-state index in [1.807, 2.05) is 91.0 Å². The van der Waals surface area contributed by atoms with E-state index in [9.17, 15) is 9.90 Å². The van der Waals surface area contributed by atoms with Gasteiger partial charge in [-0.05, 0) is 29.5 Å². The van der Waals surface area contributed by atoms with E-state index < -0.39 is 5.60 Å². The molecule has 3 aromatic carbocycles. The van der Waals surface area contributed by atoms with Gasteiger partial charge in [-0.15, -0.1) is 0 Å². The van der Waals surface area contributed by atoms with Crippen molar-refractivity contribution in [3.63, 3.8) is 0 Å². The van der Waals surface area contributed by atoms with Crippen molar-refractivity contribution in [2.45, 2.75) is 37.3 Å². The molecule has 29 heavy (non-hydrogen) atoms. The van der Waals surface area contributed by atoms with Crippen LogP contribution in [-0.4, -0.2) is 11.0 Å². The zero-order valence-electron chi connectivity index (χ0n) is 16.5. The summed E-state index contributed by atoms with van der Waals surface area (Å²) in [7, 11) is 0. The van der Waals surface area contributed by atoms with Gasteiger partial charge in [0.05, 0.1) is 6.04 Å². The number of aliphatic hydroxyl groups is 1. The highest BCUT2D eigenvalue weighted by molar-refractivity contribution is 5.87. The molecule has 0 heterocycles. The second-order valence-corrected chi connectivity index (χ2v) is 7.84. The van der Waals surface area contributed by atoms with Crippen LogP contribution < -0.4 is 5.32 Å². The van der Waals surface area contributed by atoms with Crippen LogP contribution in [0.15, 0.2) is 91.0 Å². The summed E-state index contributed by atoms with van der Waals surface area (Å²) in [6, 6.07) is 28.9. The molecule has 1 saturated carbocycles. The predicted molar refractivity (Wildman–Crippen MR) is 115 cm³/mol. The highest BCUT2D eigenvalue weighted by Crippen LogP contribution is 2.41. The molecule has 1 unspecified atom stereocenters. The largest absolute Gasteiger partial charge is 0.375 e. The van der Waals surface area contributed by atoms with Crippen LogP contribution in [0.2, 0.25) is 0 Å². The van der Waals surface area contributed by atoms with Crippen LogP contribution >= 0.6 is 0 Å². The lowest BCUT2D eigenvalue weighted by molar-refractivity contribution is -0.148. The maximum absolute atomic E-state index is 13.6. The summed E-state index contributed by atoms with van der Waals surface area (Å²) in [5, 5.41) is 15.0. The van der Waals surface area contributed by atoms with Gasteiger partial charge >= 0.3 is 0 Å². The van der Waals surface area contributed by atoms with E-state index in [0.29, 0.717) is 5.56 Å². The molecule has 1 fully saturated rings. The Morgan fingerprint density at radius 1 is 0.793 bits per heavy atom. The van der Waals surface area contributed by atoms with E-state index in [2.05, 4.69) is 5.32 Å². The fraction of sp³-hybridized carbons (Fsp3) is 0.269. The number of carbonyl (C=O) groups is 1. The summed E-state index contributed by atoms with van der Waals surface area (Å²) in [5.41, 5.74) is 1.13. The van der Waals surface area contributed by atoms with Crippen LogP contribution in [-0.2, 0) is 10.4 Å². The van der Waals surface area contributed by atoms with Gasteiger partial charge in [-0.1, -0.05) is 104 Å². The average molecular weight is 386 g/mol. The minimum absolute atomic E-state index is 0.0721. The summed E-state index contributed by atoms with van der Waals surface area (Å²) in [4.78, 5) is 13.6. The minimum atomic E-state index is -1.53. The van der Waals surface area contributed by atoms with Gasteiger partial charge in [-0.3, -0.25) is 4.79 Å². The summed E-state index contributed by atoms with van der Waals surface area (Å²) < 4.78 is 0. The molecule has 1 atom stereocenters. The molecule has 1 aliphatic rings. The van der Waals surface area contributed by atoms with E-state index in [0.717, 1.165) is 36.8 Å². The zero-order valence-corrected chi connectivity index (χ0v) is 16.5. The van der Waals surface area contributed by atoms with Gasteiger partial charge in [0.25, 0.3) is 5.91 Å². The molecular formula is C26H27NO2. The van der Waals surface area contributed by atoms with Crippen molar-refractivity contribution in [2.24, 2.45) is 5.92 Å². The molecule has 3 heteroatoms. The SMILES string of the molecule is O=C(NC(c1ccccc1)c1ccccc1)C(O)(c1ccccc1)C1CCCC1. The summed E-state index contributed by atoms with van der Waals surface area (Å²) in [6.07, 6.45) is 3.82. The Balaban J connectivity index is 1.71. The minimum Gasteiger partial charge on any atom is -0.375 e. The summed E-state index contributed by atoms with van der Waals surface area (Å²) in [5.74, 6) is -0.398. The second-order valence-electron chi connectivity index (χ2n) is 7.84. The van der Waals surface area contributed by atoms with E-state index in [4.69, 9.17) is 0 Å². The van der Waals surface area contributed by atoms with E-state index in [1.54, 1.807) is 0 Å². The summed E-state index contributed by atoms with van der Waals surface area (Å²) >= 11 is 0. The van der Waals surface area contributed by atoms with Crippen LogP contribution in [0.5, 0.6) is 0 Å². The Morgan fingerprint density at radius 3 is 1.72 bits per heavy atom. The molecule has 0 aromatic heterocycles. The van der Waals surface area contributed by atoms with Gasteiger partial charge in [0.15, 0.2) is 5.60 Å². The Labute approximate surface area is 172 Å². The number of benzene rings is 3. The van der Waals surface area contributed by atoms with Gasteiger partial charge in [0, 0.05) is 5.92 Å². The van der Waals surface area contributed by atoms with Gasteiger partial charge in [0.2, 0.25) is 0 Å². The van der Waals surface area contributed by atoms with Crippen molar-refractivity contribution in [1.29, 1.82) is 0 Å². The van der Waals surface area contributed by atoms with Crippen LogP contribution in [0.1, 0.15) is 48.4 Å². The number of nitrogens with one attached hydrogen (secondary N) is 1. The number of hydrogen-bond acceptors (Lipinski definition) is 2. The van der Waals surface area contributed by atoms with E-state index >= 15 is 0 Å². The molecule has 0 radical (unpaired) electrons. The third-order valence-electron chi connectivity index (χ3n) is 6.05. The van der Waals surface area contributed by atoms with Crippen molar-refractivity contribution in [3.05, 3.63) is 108 Å². The molecule has 3 nitrogen and oxygen atoms in total. The van der Waals surface area contributed by atoms with Crippen LogP contribution in [0.4, 0.5) is 0 Å². The Kier molecular flexibility index (Phi) is 5.77. The smallest absolute Gasteiger partial charge is 0.257 e. The Hall–Kier alpha value is -2.91. The third kappa shape index (κ3) is 3.96. The van der Waals surface area contributed by atoms with E-state index in [-0.39, 0.29) is 17.9 Å². The maximum Gasteiger partial charge on any atom is 0.257 e. The van der Waals surface area contributed by atoms with Crippen LogP contribution in [0, 0.1) is 5.92 Å². The topological polar surface area (TPSA) is 49.3 Å². The highest BCUT2D eigenvalue weighted by Gasteiger charge is 2.46. The standard InChI is InChI=1S/C26H27NO2/c28-25(26(29,23-18-10-11-19-23)22-16-8-3-9-17-22)27-24(20-12-4-1-5-13-20)21-14-6-2-7-15-21/h1-9,12-17,23-24,29H,10-11,18-19H2,(H,27,28). The number of hydrogen-bond donors (Lipinski definition) is 2. The van der Waals surface area contributed by atoms with Crippen molar-refractivity contribution in [3.8, 4) is 0 Å². The molecule has 2 N–H and O–H groups in total. The molecule has 0 spiro atoms. The first-order valence-corrected chi connectivity index (χ1v) is 10.4. The predicted octanol–water partition coefficient (Wildman–Crippen LogP) is 4.97. The molecule has 148 valence electrons. The van der Waals surface area contributed by atoms with Crippen molar-refractivity contribution in [1.82, 2.24) is 5.32 Å². The zero-order chi connectivity index (χ0) is 20.1. The van der Waals surface area contributed by atoms with Crippen molar-refractivity contribution >= 4 is 5.91 Å². The van der Waals surface area contributed by atoms with Gasteiger partial charge < -0.3 is 10.4 Å². The Morgan fingerprint density at radius 2 is 1.24 bits per heavy atom. The second kappa shape index (κ2) is 8.62. The lowest BCUT2D eigenvalue weighted by Crippen LogP contribution is -2.50. The van der Waals surface area contributed by atoms with Crippen molar-refractivity contribution < 1.29 is 9.90 Å². The molecule has 1 amide bonds. The fourth-order valence-electron chi connectivity index (χ4n) is 4.48. The average Bonchev–Trinajstić information content (AvgIpc) is 3.34. The van der Waals surface area contributed by atoms with Crippen LogP contribution in [0.25, 0.3) is 0 Å². The highest BCUT2D eigenvalue weighted by atomic mass is 16.3. The molecule has 3 aromatic rings. The first-order valence-electron chi connectivity index (χ1n) is 10.4. The first-order chi connectivity index (χ1) is 14.2.